The summed E-state index contributed by atoms with van der Waals surface area (Å²) in [6, 6.07) is 22.7. The highest BCUT2D eigenvalue weighted by Crippen LogP contribution is 2.32. The van der Waals surface area contributed by atoms with Crippen LogP contribution < -0.4 is 10.0 Å². The standard InChI is InChI=1S/C28H32N2O5S/c1-2-19-12-14-23(15-13-19)36(34,35)29-18-22(31)17-25(20-8-4-3-5-9-20)28(33)30-27-24-11-7-6-10-21(24)16-26(27)32/h3-15,22,25-27,29,31-32H,2,16-18H2,1H3,(H,30,33)/t22-,25-,26+,27-/m0/s1. The lowest BCUT2D eigenvalue weighted by molar-refractivity contribution is -0.124. The number of fused-ring (bicyclic) bond motifs is 1. The molecule has 0 aromatic heterocycles. The molecular formula is C28H32N2O5S. The van der Waals surface area contributed by atoms with Gasteiger partial charge >= 0.3 is 0 Å². The molecule has 36 heavy (non-hydrogen) atoms. The van der Waals surface area contributed by atoms with Crippen molar-refractivity contribution in [3.05, 3.63) is 101 Å². The summed E-state index contributed by atoms with van der Waals surface area (Å²) in [5, 5.41) is 24.3. The van der Waals surface area contributed by atoms with Crippen molar-refractivity contribution in [2.75, 3.05) is 6.54 Å². The Kier molecular flexibility index (Phi) is 8.21. The average Bonchev–Trinajstić information content (AvgIpc) is 3.21. The molecule has 0 spiro atoms. The van der Waals surface area contributed by atoms with Crippen molar-refractivity contribution in [2.45, 2.75) is 55.2 Å². The Hall–Kier alpha value is -3.04. The highest BCUT2D eigenvalue weighted by molar-refractivity contribution is 7.89. The van der Waals surface area contributed by atoms with Crippen molar-refractivity contribution >= 4 is 15.9 Å². The molecule has 190 valence electrons. The van der Waals surface area contributed by atoms with Gasteiger partial charge in [0.15, 0.2) is 0 Å². The molecule has 3 aromatic carbocycles. The van der Waals surface area contributed by atoms with Gasteiger partial charge in [0, 0.05) is 13.0 Å². The van der Waals surface area contributed by atoms with Crippen LogP contribution in [0.5, 0.6) is 0 Å². The number of hydrogen-bond donors (Lipinski definition) is 4. The van der Waals surface area contributed by atoms with Crippen LogP contribution in [0.2, 0.25) is 0 Å². The lowest BCUT2D eigenvalue weighted by atomic mass is 9.91. The van der Waals surface area contributed by atoms with Gasteiger partial charge in [-0.05, 0) is 47.2 Å². The number of hydrogen-bond acceptors (Lipinski definition) is 5. The van der Waals surface area contributed by atoms with E-state index in [0.29, 0.717) is 12.0 Å². The molecule has 1 amide bonds. The molecule has 0 fully saturated rings. The van der Waals surface area contributed by atoms with E-state index in [1.165, 1.54) is 0 Å². The highest BCUT2D eigenvalue weighted by atomic mass is 32.2. The molecule has 1 aliphatic rings. The van der Waals surface area contributed by atoms with E-state index in [1.807, 2.05) is 49.4 Å². The first-order chi connectivity index (χ1) is 17.3. The number of rotatable bonds is 10. The van der Waals surface area contributed by atoms with Gasteiger partial charge in [-0.3, -0.25) is 4.79 Å². The Morgan fingerprint density at radius 2 is 1.67 bits per heavy atom. The van der Waals surface area contributed by atoms with Gasteiger partial charge in [-0.25, -0.2) is 13.1 Å². The van der Waals surface area contributed by atoms with Crippen LogP contribution in [0.3, 0.4) is 0 Å². The Labute approximate surface area is 212 Å². The van der Waals surface area contributed by atoms with E-state index in [2.05, 4.69) is 10.0 Å². The predicted octanol–water partition coefficient (Wildman–Crippen LogP) is 2.84. The lowest BCUT2D eigenvalue weighted by Crippen LogP contribution is -2.39. The number of aliphatic hydroxyl groups is 2. The van der Waals surface area contributed by atoms with Gasteiger partial charge in [-0.15, -0.1) is 0 Å². The number of carbonyl (C=O) groups is 1. The van der Waals surface area contributed by atoms with Crippen LogP contribution >= 0.6 is 0 Å². The molecule has 4 N–H and O–H groups in total. The Morgan fingerprint density at radius 1 is 1.00 bits per heavy atom. The minimum absolute atomic E-state index is 0.0115. The maximum Gasteiger partial charge on any atom is 0.240 e. The summed E-state index contributed by atoms with van der Waals surface area (Å²) in [7, 11) is -3.80. The average molecular weight is 509 g/mol. The molecule has 1 aliphatic carbocycles. The number of aliphatic hydroxyl groups excluding tert-OH is 2. The lowest BCUT2D eigenvalue weighted by Gasteiger charge is -2.24. The van der Waals surface area contributed by atoms with E-state index in [9.17, 15) is 23.4 Å². The van der Waals surface area contributed by atoms with Crippen LogP contribution in [0.25, 0.3) is 0 Å². The summed E-state index contributed by atoms with van der Waals surface area (Å²) in [5.74, 6) is -1.06. The molecule has 0 heterocycles. The molecule has 0 radical (unpaired) electrons. The molecule has 7 nitrogen and oxygen atoms in total. The molecule has 0 aliphatic heterocycles. The number of nitrogens with one attached hydrogen (secondary N) is 2. The predicted molar refractivity (Wildman–Crippen MR) is 138 cm³/mol. The second kappa shape index (κ2) is 11.3. The third kappa shape index (κ3) is 6.02. The first kappa shape index (κ1) is 26.0. The monoisotopic (exact) mass is 508 g/mol. The van der Waals surface area contributed by atoms with E-state index in [4.69, 9.17) is 0 Å². The van der Waals surface area contributed by atoms with E-state index < -0.39 is 34.2 Å². The first-order valence-corrected chi connectivity index (χ1v) is 13.6. The molecule has 0 saturated heterocycles. The summed E-state index contributed by atoms with van der Waals surface area (Å²) in [6.07, 6.45) is -0.568. The van der Waals surface area contributed by atoms with Crippen LogP contribution in [0, 0.1) is 0 Å². The quantitative estimate of drug-likeness (QED) is 0.336. The highest BCUT2D eigenvalue weighted by Gasteiger charge is 2.34. The summed E-state index contributed by atoms with van der Waals surface area (Å²) in [4.78, 5) is 13.5. The number of carbonyl (C=O) groups excluding carboxylic acids is 1. The zero-order valence-electron chi connectivity index (χ0n) is 20.2. The van der Waals surface area contributed by atoms with Gasteiger partial charge in [0.05, 0.1) is 29.1 Å². The minimum atomic E-state index is -3.80. The Bertz CT molecular complexity index is 1280. The van der Waals surface area contributed by atoms with Crippen molar-refractivity contribution in [3.8, 4) is 0 Å². The number of benzene rings is 3. The maximum absolute atomic E-state index is 13.4. The van der Waals surface area contributed by atoms with Crippen molar-refractivity contribution in [3.63, 3.8) is 0 Å². The van der Waals surface area contributed by atoms with Gasteiger partial charge in [-0.1, -0.05) is 73.7 Å². The third-order valence-corrected chi connectivity index (χ3v) is 8.12. The normalized spacial score (nSPS) is 18.9. The zero-order chi connectivity index (χ0) is 25.7. The molecule has 0 bridgehead atoms. The second-order valence-corrected chi connectivity index (χ2v) is 10.9. The fourth-order valence-corrected chi connectivity index (χ4v) is 5.70. The third-order valence-electron chi connectivity index (χ3n) is 6.68. The van der Waals surface area contributed by atoms with E-state index in [1.54, 1.807) is 36.4 Å². The van der Waals surface area contributed by atoms with E-state index in [-0.39, 0.29) is 23.8 Å². The van der Waals surface area contributed by atoms with Crippen molar-refractivity contribution in [1.82, 2.24) is 10.0 Å². The topological polar surface area (TPSA) is 116 Å². The Balaban J connectivity index is 1.45. The van der Waals surface area contributed by atoms with Crippen molar-refractivity contribution < 1.29 is 23.4 Å². The second-order valence-electron chi connectivity index (χ2n) is 9.16. The SMILES string of the molecule is CCc1ccc(S(=O)(=O)NC[C@@H](O)C[C@H](C(=O)N[C@H]2c3ccccc3C[C@H]2O)c2ccccc2)cc1. The molecule has 3 aromatic rings. The Morgan fingerprint density at radius 3 is 2.36 bits per heavy atom. The van der Waals surface area contributed by atoms with Gasteiger partial charge in [0.2, 0.25) is 15.9 Å². The fraction of sp³-hybridized carbons (Fsp3) is 0.321. The number of amides is 1. The van der Waals surface area contributed by atoms with Crippen LogP contribution in [-0.2, 0) is 27.7 Å². The number of aryl methyl sites for hydroxylation is 1. The molecule has 8 heteroatoms. The van der Waals surface area contributed by atoms with Gasteiger partial charge in [0.1, 0.15) is 0 Å². The van der Waals surface area contributed by atoms with Crippen LogP contribution in [0.1, 0.15) is 47.6 Å². The van der Waals surface area contributed by atoms with Gasteiger partial charge < -0.3 is 15.5 Å². The molecular weight excluding hydrogens is 476 g/mol. The smallest absolute Gasteiger partial charge is 0.240 e. The molecule has 0 saturated carbocycles. The summed E-state index contributed by atoms with van der Waals surface area (Å²) in [6.45, 7) is 1.76. The number of sulfonamides is 1. The van der Waals surface area contributed by atoms with Crippen molar-refractivity contribution in [1.29, 1.82) is 0 Å². The molecule has 4 rings (SSSR count). The summed E-state index contributed by atoms with van der Waals surface area (Å²) >= 11 is 0. The first-order valence-electron chi connectivity index (χ1n) is 12.2. The largest absolute Gasteiger partial charge is 0.392 e. The van der Waals surface area contributed by atoms with Crippen LogP contribution in [0.4, 0.5) is 0 Å². The minimum Gasteiger partial charge on any atom is -0.392 e. The van der Waals surface area contributed by atoms with Gasteiger partial charge in [-0.2, -0.15) is 0 Å². The zero-order valence-corrected chi connectivity index (χ0v) is 21.0. The van der Waals surface area contributed by atoms with E-state index >= 15 is 0 Å². The van der Waals surface area contributed by atoms with E-state index in [0.717, 1.165) is 23.1 Å². The van der Waals surface area contributed by atoms with Gasteiger partial charge in [0.25, 0.3) is 0 Å². The van der Waals surface area contributed by atoms with Crippen LogP contribution in [0.15, 0.2) is 83.8 Å². The fourth-order valence-electron chi connectivity index (χ4n) is 4.63. The summed E-state index contributed by atoms with van der Waals surface area (Å²) in [5.41, 5.74) is 3.61. The molecule has 4 atom stereocenters. The van der Waals surface area contributed by atoms with Crippen LogP contribution in [-0.4, -0.2) is 43.3 Å². The maximum atomic E-state index is 13.4. The summed E-state index contributed by atoms with van der Waals surface area (Å²) < 4.78 is 27.8. The molecule has 0 unspecified atom stereocenters. The van der Waals surface area contributed by atoms with Crippen molar-refractivity contribution in [2.24, 2.45) is 0 Å².